The summed E-state index contributed by atoms with van der Waals surface area (Å²) in [6.45, 7) is 3.80. The number of ether oxygens (including phenoxy) is 1. The van der Waals surface area contributed by atoms with Gasteiger partial charge in [-0.05, 0) is 25.5 Å². The highest BCUT2D eigenvalue weighted by Gasteiger charge is 2.09. The van der Waals surface area contributed by atoms with E-state index in [2.05, 4.69) is 15.0 Å². The molecule has 0 radical (unpaired) electrons. The van der Waals surface area contributed by atoms with Gasteiger partial charge in [-0.3, -0.25) is 4.98 Å². The fourth-order valence-electron chi connectivity index (χ4n) is 1.60. The standard InChI is InChI=1S/C13H15N3O2/c1-3-11-12(5-4-9(2)16-11)18-13-10(7-17)6-14-8-15-13/h4-6,8,17H,3,7H2,1-2H3. The van der Waals surface area contributed by atoms with Crippen molar-refractivity contribution in [2.24, 2.45) is 0 Å². The topological polar surface area (TPSA) is 68.1 Å². The summed E-state index contributed by atoms with van der Waals surface area (Å²) in [7, 11) is 0. The van der Waals surface area contributed by atoms with Gasteiger partial charge in [-0.2, -0.15) is 0 Å². The molecule has 0 amide bonds. The van der Waals surface area contributed by atoms with Gasteiger partial charge in [0.25, 0.3) is 0 Å². The minimum atomic E-state index is -0.156. The number of aromatic nitrogens is 3. The van der Waals surface area contributed by atoms with Crippen molar-refractivity contribution in [1.29, 1.82) is 0 Å². The van der Waals surface area contributed by atoms with Crippen molar-refractivity contribution in [1.82, 2.24) is 15.0 Å². The maximum absolute atomic E-state index is 9.19. The summed E-state index contributed by atoms with van der Waals surface area (Å²) in [6, 6.07) is 3.75. The molecule has 0 aliphatic rings. The highest BCUT2D eigenvalue weighted by Crippen LogP contribution is 2.25. The van der Waals surface area contributed by atoms with Crippen molar-refractivity contribution in [3.05, 3.63) is 41.6 Å². The van der Waals surface area contributed by atoms with E-state index in [4.69, 9.17) is 4.74 Å². The van der Waals surface area contributed by atoms with Crippen LogP contribution in [0.2, 0.25) is 0 Å². The third-order valence-electron chi connectivity index (χ3n) is 2.53. The number of aliphatic hydroxyl groups excluding tert-OH is 1. The predicted octanol–water partition coefficient (Wildman–Crippen LogP) is 2.03. The van der Waals surface area contributed by atoms with E-state index in [1.807, 2.05) is 26.0 Å². The van der Waals surface area contributed by atoms with Crippen LogP contribution in [0.5, 0.6) is 11.6 Å². The molecule has 5 nitrogen and oxygen atoms in total. The van der Waals surface area contributed by atoms with E-state index in [0.717, 1.165) is 17.8 Å². The van der Waals surface area contributed by atoms with Crippen molar-refractivity contribution < 1.29 is 9.84 Å². The summed E-state index contributed by atoms with van der Waals surface area (Å²) in [6.07, 6.45) is 3.70. The summed E-state index contributed by atoms with van der Waals surface area (Å²) >= 11 is 0. The molecule has 0 saturated heterocycles. The first-order valence-corrected chi connectivity index (χ1v) is 5.78. The number of nitrogens with zero attached hydrogens (tertiary/aromatic N) is 3. The average molecular weight is 245 g/mol. The van der Waals surface area contributed by atoms with Gasteiger partial charge in [0.05, 0.1) is 17.9 Å². The molecule has 18 heavy (non-hydrogen) atoms. The first kappa shape index (κ1) is 12.4. The molecule has 2 aromatic heterocycles. The molecular formula is C13H15N3O2. The second-order valence-corrected chi connectivity index (χ2v) is 3.86. The number of hydrogen-bond acceptors (Lipinski definition) is 5. The highest BCUT2D eigenvalue weighted by atomic mass is 16.5. The van der Waals surface area contributed by atoms with E-state index in [1.165, 1.54) is 12.5 Å². The van der Waals surface area contributed by atoms with Gasteiger partial charge in [-0.25, -0.2) is 9.97 Å². The lowest BCUT2D eigenvalue weighted by molar-refractivity contribution is 0.274. The van der Waals surface area contributed by atoms with Crippen molar-refractivity contribution >= 4 is 0 Å². The van der Waals surface area contributed by atoms with Crippen molar-refractivity contribution in [2.45, 2.75) is 26.9 Å². The van der Waals surface area contributed by atoms with Gasteiger partial charge in [-0.15, -0.1) is 0 Å². The molecule has 0 fully saturated rings. The quantitative estimate of drug-likeness (QED) is 0.892. The Bertz CT molecular complexity index is 544. The second-order valence-electron chi connectivity index (χ2n) is 3.86. The van der Waals surface area contributed by atoms with Crippen LogP contribution in [-0.2, 0) is 13.0 Å². The monoisotopic (exact) mass is 245 g/mol. The molecule has 5 heteroatoms. The van der Waals surface area contributed by atoms with Crippen LogP contribution in [0, 0.1) is 6.92 Å². The predicted molar refractivity (Wildman–Crippen MR) is 66.4 cm³/mol. The van der Waals surface area contributed by atoms with Crippen LogP contribution in [-0.4, -0.2) is 20.1 Å². The normalized spacial score (nSPS) is 10.4. The minimum absolute atomic E-state index is 0.156. The zero-order valence-electron chi connectivity index (χ0n) is 10.4. The third-order valence-corrected chi connectivity index (χ3v) is 2.53. The molecule has 0 aromatic carbocycles. The molecule has 0 spiro atoms. The molecule has 2 aromatic rings. The molecule has 0 bridgehead atoms. The van der Waals surface area contributed by atoms with E-state index >= 15 is 0 Å². The molecule has 0 atom stereocenters. The maximum atomic E-state index is 9.19. The molecule has 0 saturated carbocycles. The SMILES string of the molecule is CCc1nc(C)ccc1Oc1ncncc1CO. The maximum Gasteiger partial charge on any atom is 0.227 e. The molecule has 1 N–H and O–H groups in total. The van der Waals surface area contributed by atoms with E-state index in [0.29, 0.717) is 17.2 Å². The average Bonchev–Trinajstić information content (AvgIpc) is 2.41. The van der Waals surface area contributed by atoms with E-state index in [9.17, 15) is 5.11 Å². The number of aliphatic hydroxyl groups is 1. The number of hydrogen-bond donors (Lipinski definition) is 1. The van der Waals surface area contributed by atoms with Crippen LogP contribution in [0.25, 0.3) is 0 Å². The lowest BCUT2D eigenvalue weighted by Crippen LogP contribution is -2.00. The fraction of sp³-hybridized carbons (Fsp3) is 0.308. The molecule has 2 rings (SSSR count). The van der Waals surface area contributed by atoms with E-state index in [1.54, 1.807) is 0 Å². The second kappa shape index (κ2) is 5.55. The van der Waals surface area contributed by atoms with Crippen LogP contribution in [0.15, 0.2) is 24.7 Å². The lowest BCUT2D eigenvalue weighted by atomic mass is 10.2. The zero-order valence-corrected chi connectivity index (χ0v) is 10.4. The molecule has 0 aliphatic heterocycles. The Morgan fingerprint density at radius 3 is 2.89 bits per heavy atom. The van der Waals surface area contributed by atoms with Crippen LogP contribution >= 0.6 is 0 Å². The van der Waals surface area contributed by atoms with Crippen LogP contribution in [0.3, 0.4) is 0 Å². The summed E-state index contributed by atoms with van der Waals surface area (Å²) < 4.78 is 5.70. The van der Waals surface area contributed by atoms with Crippen LogP contribution in [0.4, 0.5) is 0 Å². The summed E-state index contributed by atoms with van der Waals surface area (Å²) in [5.74, 6) is 1.03. The smallest absolute Gasteiger partial charge is 0.227 e. The summed E-state index contributed by atoms with van der Waals surface area (Å²) in [4.78, 5) is 12.3. The van der Waals surface area contributed by atoms with Crippen molar-refractivity contribution in [2.75, 3.05) is 0 Å². The van der Waals surface area contributed by atoms with Gasteiger partial charge in [0.15, 0.2) is 5.75 Å². The lowest BCUT2D eigenvalue weighted by Gasteiger charge is -2.11. The Labute approximate surface area is 106 Å². The van der Waals surface area contributed by atoms with Gasteiger partial charge in [0.2, 0.25) is 5.88 Å². The zero-order chi connectivity index (χ0) is 13.0. The first-order valence-electron chi connectivity index (χ1n) is 5.78. The van der Waals surface area contributed by atoms with Gasteiger partial charge in [0.1, 0.15) is 6.33 Å². The largest absolute Gasteiger partial charge is 0.437 e. The van der Waals surface area contributed by atoms with Gasteiger partial charge < -0.3 is 9.84 Å². The Hall–Kier alpha value is -2.01. The fourth-order valence-corrected chi connectivity index (χ4v) is 1.60. The van der Waals surface area contributed by atoms with E-state index < -0.39 is 0 Å². The minimum Gasteiger partial charge on any atom is -0.437 e. The summed E-state index contributed by atoms with van der Waals surface area (Å²) in [5, 5.41) is 9.19. The van der Waals surface area contributed by atoms with E-state index in [-0.39, 0.29) is 6.61 Å². The number of aryl methyl sites for hydroxylation is 2. The molecule has 2 heterocycles. The van der Waals surface area contributed by atoms with Gasteiger partial charge in [-0.1, -0.05) is 6.92 Å². The highest BCUT2D eigenvalue weighted by molar-refractivity contribution is 5.34. The van der Waals surface area contributed by atoms with Gasteiger partial charge in [0, 0.05) is 11.9 Å². The molecular weight excluding hydrogens is 230 g/mol. The number of pyridine rings is 1. The Morgan fingerprint density at radius 1 is 1.33 bits per heavy atom. The van der Waals surface area contributed by atoms with Crippen LogP contribution in [0.1, 0.15) is 23.9 Å². The molecule has 94 valence electrons. The van der Waals surface area contributed by atoms with Crippen molar-refractivity contribution in [3.8, 4) is 11.6 Å². The van der Waals surface area contributed by atoms with Crippen LogP contribution < -0.4 is 4.74 Å². The Balaban J connectivity index is 2.33. The molecule has 0 unspecified atom stereocenters. The van der Waals surface area contributed by atoms with Crippen molar-refractivity contribution in [3.63, 3.8) is 0 Å². The number of rotatable bonds is 4. The first-order chi connectivity index (χ1) is 8.74. The Kier molecular flexibility index (Phi) is 3.84. The Morgan fingerprint density at radius 2 is 2.17 bits per heavy atom. The molecule has 0 aliphatic carbocycles. The van der Waals surface area contributed by atoms with Gasteiger partial charge >= 0.3 is 0 Å². The third kappa shape index (κ3) is 2.62. The summed E-state index contributed by atoms with van der Waals surface area (Å²) in [5.41, 5.74) is 2.38.